The van der Waals surface area contributed by atoms with Crippen LogP contribution in [0.1, 0.15) is 51.8 Å². The Labute approximate surface area is 136 Å². The van der Waals surface area contributed by atoms with Crippen LogP contribution in [0, 0.1) is 11.2 Å². The second-order valence-electron chi connectivity index (χ2n) is 7.15. The quantitative estimate of drug-likeness (QED) is 0.780. The molecule has 1 aromatic carbocycles. The van der Waals surface area contributed by atoms with Gasteiger partial charge in [-0.05, 0) is 49.5 Å². The van der Waals surface area contributed by atoms with Gasteiger partial charge in [0, 0.05) is 34.2 Å². The van der Waals surface area contributed by atoms with Crippen LogP contribution in [-0.4, -0.2) is 10.8 Å². The maximum absolute atomic E-state index is 13.8. The summed E-state index contributed by atoms with van der Waals surface area (Å²) in [6.45, 7) is 12.3. The van der Waals surface area contributed by atoms with E-state index in [0.717, 1.165) is 45.3 Å². The molecule has 3 heteroatoms. The number of aromatic amines is 1. The molecule has 2 aromatic rings. The van der Waals surface area contributed by atoms with Crippen LogP contribution < -0.4 is 0 Å². The van der Waals surface area contributed by atoms with Crippen LogP contribution in [0.5, 0.6) is 0 Å². The van der Waals surface area contributed by atoms with Gasteiger partial charge in [0.2, 0.25) is 0 Å². The van der Waals surface area contributed by atoms with Crippen molar-refractivity contribution in [3.8, 4) is 0 Å². The Morgan fingerprint density at radius 3 is 2.70 bits per heavy atom. The lowest BCUT2D eigenvalue weighted by atomic mass is 9.71. The third-order valence-corrected chi connectivity index (χ3v) is 5.08. The van der Waals surface area contributed by atoms with E-state index >= 15 is 0 Å². The Kier molecular flexibility index (Phi) is 3.55. The molecule has 0 unspecified atom stereocenters. The molecule has 1 heterocycles. The Hall–Kier alpha value is -2.16. The SMILES string of the molecule is C=C(C)c1[nH]c2ccc(F)cc2c1C1=C(C)C(C)(C)CCC1=O. The van der Waals surface area contributed by atoms with Crippen LogP contribution in [0.25, 0.3) is 22.0 Å². The molecule has 0 saturated heterocycles. The summed E-state index contributed by atoms with van der Waals surface area (Å²) in [5.41, 5.74) is 5.07. The van der Waals surface area contributed by atoms with Gasteiger partial charge in [-0.3, -0.25) is 4.79 Å². The molecular weight excluding hydrogens is 289 g/mol. The highest BCUT2D eigenvalue weighted by Crippen LogP contribution is 2.45. The van der Waals surface area contributed by atoms with Crippen molar-refractivity contribution in [3.05, 3.63) is 47.4 Å². The van der Waals surface area contributed by atoms with E-state index in [0.29, 0.717) is 6.42 Å². The van der Waals surface area contributed by atoms with E-state index in [4.69, 9.17) is 0 Å². The van der Waals surface area contributed by atoms with Crippen LogP contribution in [0.4, 0.5) is 4.39 Å². The van der Waals surface area contributed by atoms with Crippen LogP contribution in [0.2, 0.25) is 0 Å². The molecule has 3 rings (SSSR count). The number of ketones is 1. The van der Waals surface area contributed by atoms with E-state index in [-0.39, 0.29) is 17.0 Å². The molecule has 0 radical (unpaired) electrons. The van der Waals surface area contributed by atoms with Crippen molar-refractivity contribution in [1.82, 2.24) is 4.98 Å². The predicted molar refractivity (Wildman–Crippen MR) is 93.6 cm³/mol. The number of hydrogen-bond donors (Lipinski definition) is 1. The molecule has 1 aromatic heterocycles. The second-order valence-corrected chi connectivity index (χ2v) is 7.15. The zero-order valence-corrected chi connectivity index (χ0v) is 14.1. The van der Waals surface area contributed by atoms with Gasteiger partial charge in [0.05, 0.1) is 0 Å². The van der Waals surface area contributed by atoms with E-state index < -0.39 is 0 Å². The number of hydrogen-bond acceptors (Lipinski definition) is 1. The van der Waals surface area contributed by atoms with E-state index in [1.54, 1.807) is 6.07 Å². The van der Waals surface area contributed by atoms with E-state index in [2.05, 4.69) is 25.4 Å². The Morgan fingerprint density at radius 2 is 2.04 bits per heavy atom. The van der Waals surface area contributed by atoms with Gasteiger partial charge in [-0.2, -0.15) is 0 Å². The van der Waals surface area contributed by atoms with Crippen molar-refractivity contribution < 1.29 is 9.18 Å². The summed E-state index contributed by atoms with van der Waals surface area (Å²) in [7, 11) is 0. The molecule has 0 bridgehead atoms. The lowest BCUT2D eigenvalue weighted by molar-refractivity contribution is -0.114. The van der Waals surface area contributed by atoms with Gasteiger partial charge in [-0.1, -0.05) is 26.0 Å². The third kappa shape index (κ3) is 2.44. The average molecular weight is 311 g/mol. The standard InChI is InChI=1S/C20H22FNO/c1-11(2)19-18(14-10-13(21)6-7-15(14)22-19)17-12(3)20(4,5)9-8-16(17)23/h6-7,10,22H,1,8-9H2,2-5H3. The van der Waals surface area contributed by atoms with Crippen molar-refractivity contribution >= 4 is 27.8 Å². The smallest absolute Gasteiger partial charge is 0.163 e. The number of Topliss-reactive ketones (excluding diaryl/α,β-unsaturated/α-hetero) is 1. The summed E-state index contributed by atoms with van der Waals surface area (Å²) in [6.07, 6.45) is 1.37. The number of carbonyl (C=O) groups excluding carboxylic acids is 1. The number of carbonyl (C=O) groups is 1. The monoisotopic (exact) mass is 311 g/mol. The number of aromatic nitrogens is 1. The van der Waals surface area contributed by atoms with Crippen molar-refractivity contribution in [2.75, 3.05) is 0 Å². The molecule has 0 fully saturated rings. The maximum Gasteiger partial charge on any atom is 0.163 e. The topological polar surface area (TPSA) is 32.9 Å². The molecular formula is C20H22FNO. The first kappa shape index (κ1) is 15.7. The Bertz CT molecular complexity index is 867. The molecule has 1 aliphatic carbocycles. The Balaban J connectivity index is 2.42. The molecule has 0 aliphatic heterocycles. The first-order chi connectivity index (χ1) is 10.7. The number of halogens is 1. The van der Waals surface area contributed by atoms with E-state index in [1.807, 2.05) is 13.8 Å². The number of H-pyrrole nitrogens is 1. The second kappa shape index (κ2) is 5.19. The summed E-state index contributed by atoms with van der Waals surface area (Å²) in [5, 5.41) is 0.753. The molecule has 0 atom stereocenters. The average Bonchev–Trinajstić information content (AvgIpc) is 2.83. The van der Waals surface area contributed by atoms with E-state index in [9.17, 15) is 9.18 Å². The van der Waals surface area contributed by atoms with Gasteiger partial charge in [0.1, 0.15) is 5.82 Å². The normalized spacial score (nSPS) is 17.9. The van der Waals surface area contributed by atoms with Gasteiger partial charge in [0.15, 0.2) is 5.78 Å². The van der Waals surface area contributed by atoms with Crippen molar-refractivity contribution in [2.24, 2.45) is 5.41 Å². The lowest BCUT2D eigenvalue weighted by Gasteiger charge is -2.33. The van der Waals surface area contributed by atoms with Gasteiger partial charge < -0.3 is 4.98 Å². The molecule has 120 valence electrons. The predicted octanol–water partition coefficient (Wildman–Crippen LogP) is 5.50. The lowest BCUT2D eigenvalue weighted by Crippen LogP contribution is -2.24. The van der Waals surface area contributed by atoms with Crippen LogP contribution in [-0.2, 0) is 4.79 Å². The van der Waals surface area contributed by atoms with Crippen LogP contribution >= 0.6 is 0 Å². The minimum Gasteiger partial charge on any atom is -0.354 e. The highest BCUT2D eigenvalue weighted by atomic mass is 19.1. The summed E-state index contributed by atoms with van der Waals surface area (Å²) < 4.78 is 13.8. The van der Waals surface area contributed by atoms with Crippen molar-refractivity contribution in [2.45, 2.75) is 40.5 Å². The molecule has 0 amide bonds. The Morgan fingerprint density at radius 1 is 1.35 bits per heavy atom. The summed E-state index contributed by atoms with van der Waals surface area (Å²) >= 11 is 0. The van der Waals surface area contributed by atoms with Gasteiger partial charge >= 0.3 is 0 Å². The summed E-state index contributed by atoms with van der Waals surface area (Å²) in [6, 6.07) is 4.65. The zero-order valence-electron chi connectivity index (χ0n) is 14.1. The molecule has 23 heavy (non-hydrogen) atoms. The van der Waals surface area contributed by atoms with Crippen molar-refractivity contribution in [3.63, 3.8) is 0 Å². The van der Waals surface area contributed by atoms with Crippen LogP contribution in [0.15, 0.2) is 30.4 Å². The van der Waals surface area contributed by atoms with Gasteiger partial charge in [-0.25, -0.2) is 4.39 Å². The highest BCUT2D eigenvalue weighted by Gasteiger charge is 2.34. The zero-order chi connectivity index (χ0) is 16.9. The number of rotatable bonds is 2. The van der Waals surface area contributed by atoms with E-state index in [1.165, 1.54) is 12.1 Å². The molecule has 1 N–H and O–H groups in total. The first-order valence-corrected chi connectivity index (χ1v) is 7.94. The summed E-state index contributed by atoms with van der Waals surface area (Å²) in [5.74, 6) is -0.165. The minimum absolute atomic E-state index is 0.0352. The number of allylic oxidation sites excluding steroid dienone is 3. The fourth-order valence-electron chi connectivity index (χ4n) is 3.36. The molecule has 2 nitrogen and oxygen atoms in total. The molecule has 1 aliphatic rings. The largest absolute Gasteiger partial charge is 0.354 e. The number of fused-ring (bicyclic) bond motifs is 1. The number of benzene rings is 1. The summed E-state index contributed by atoms with van der Waals surface area (Å²) in [4.78, 5) is 16.0. The first-order valence-electron chi connectivity index (χ1n) is 7.94. The van der Waals surface area contributed by atoms with Crippen molar-refractivity contribution in [1.29, 1.82) is 0 Å². The van der Waals surface area contributed by atoms with Gasteiger partial charge in [-0.15, -0.1) is 0 Å². The molecule has 0 saturated carbocycles. The number of nitrogens with one attached hydrogen (secondary N) is 1. The fourth-order valence-corrected chi connectivity index (χ4v) is 3.36. The van der Waals surface area contributed by atoms with Gasteiger partial charge in [0.25, 0.3) is 0 Å². The maximum atomic E-state index is 13.8. The fraction of sp³-hybridized carbons (Fsp3) is 0.350. The molecule has 0 spiro atoms. The highest BCUT2D eigenvalue weighted by molar-refractivity contribution is 6.26. The third-order valence-electron chi connectivity index (χ3n) is 5.08. The minimum atomic E-state index is -0.299. The van der Waals surface area contributed by atoms with Crippen LogP contribution in [0.3, 0.4) is 0 Å².